The van der Waals surface area contributed by atoms with Gasteiger partial charge in [0.15, 0.2) is 0 Å². The molecule has 1 N–H and O–H groups in total. The molecule has 0 aromatic heterocycles. The SMILES string of the molecule is CCCCCC1CCC2=C3CNCCC3N3CC=CSC1=C23.Cl. The summed E-state index contributed by atoms with van der Waals surface area (Å²) in [5.74, 6) is 0.814. The van der Waals surface area contributed by atoms with E-state index in [1.54, 1.807) is 21.7 Å². The minimum Gasteiger partial charge on any atom is -0.360 e. The van der Waals surface area contributed by atoms with Crippen LogP contribution in [0.15, 0.2) is 33.2 Å². The Balaban J connectivity index is 0.00000156. The summed E-state index contributed by atoms with van der Waals surface area (Å²) in [6, 6.07) is 0.694. The van der Waals surface area contributed by atoms with Crippen molar-refractivity contribution in [3.8, 4) is 0 Å². The van der Waals surface area contributed by atoms with Gasteiger partial charge in [-0.25, -0.2) is 0 Å². The van der Waals surface area contributed by atoms with Crippen LogP contribution in [-0.2, 0) is 0 Å². The monoisotopic (exact) mass is 352 g/mol. The fraction of sp³-hybridized carbons (Fsp3) is 0.684. The fourth-order valence-corrected chi connectivity index (χ4v) is 5.77. The zero-order chi connectivity index (χ0) is 14.9. The van der Waals surface area contributed by atoms with Gasteiger partial charge < -0.3 is 10.2 Å². The summed E-state index contributed by atoms with van der Waals surface area (Å²) in [5, 5.41) is 5.96. The molecule has 0 aromatic carbocycles. The molecule has 0 bridgehead atoms. The average Bonchev–Trinajstić information content (AvgIpc) is 2.71. The van der Waals surface area contributed by atoms with Crippen LogP contribution in [0.1, 0.15) is 51.9 Å². The number of hydrogen-bond donors (Lipinski definition) is 1. The topological polar surface area (TPSA) is 15.3 Å². The average molecular weight is 353 g/mol. The van der Waals surface area contributed by atoms with Gasteiger partial charge >= 0.3 is 0 Å². The predicted molar refractivity (Wildman–Crippen MR) is 103 cm³/mol. The van der Waals surface area contributed by atoms with Crippen molar-refractivity contribution in [1.82, 2.24) is 10.2 Å². The van der Waals surface area contributed by atoms with Gasteiger partial charge in [-0.1, -0.05) is 32.3 Å². The number of rotatable bonds is 4. The first-order valence-electron chi connectivity index (χ1n) is 9.15. The van der Waals surface area contributed by atoms with Crippen molar-refractivity contribution in [2.24, 2.45) is 5.92 Å². The largest absolute Gasteiger partial charge is 0.360 e. The minimum absolute atomic E-state index is 0. The highest BCUT2D eigenvalue weighted by atomic mass is 35.5. The third-order valence-corrected chi connectivity index (χ3v) is 6.85. The first-order chi connectivity index (χ1) is 10.9. The van der Waals surface area contributed by atoms with Gasteiger partial charge in [0.2, 0.25) is 0 Å². The van der Waals surface area contributed by atoms with Crippen molar-refractivity contribution in [2.45, 2.75) is 57.9 Å². The van der Waals surface area contributed by atoms with Crippen molar-refractivity contribution < 1.29 is 0 Å². The number of fused-ring (bicyclic) bond motifs is 2. The molecule has 2 unspecified atom stereocenters. The molecule has 4 heteroatoms. The molecular weight excluding hydrogens is 324 g/mol. The number of halogens is 1. The molecule has 4 aliphatic rings. The number of nitrogens with one attached hydrogen (secondary N) is 1. The third kappa shape index (κ3) is 3.12. The zero-order valence-corrected chi connectivity index (χ0v) is 15.8. The number of thioether (sulfide) groups is 1. The molecule has 4 rings (SSSR count). The van der Waals surface area contributed by atoms with Crippen molar-refractivity contribution in [3.63, 3.8) is 0 Å². The molecule has 1 aliphatic carbocycles. The van der Waals surface area contributed by atoms with E-state index in [-0.39, 0.29) is 12.4 Å². The first kappa shape index (κ1) is 17.4. The Bertz CT molecular complexity index is 537. The maximum Gasteiger partial charge on any atom is 0.0537 e. The van der Waals surface area contributed by atoms with Crippen LogP contribution in [0.4, 0.5) is 0 Å². The van der Waals surface area contributed by atoms with E-state index in [0.29, 0.717) is 6.04 Å². The van der Waals surface area contributed by atoms with Gasteiger partial charge in [-0.3, -0.25) is 0 Å². The summed E-state index contributed by atoms with van der Waals surface area (Å²) in [6.45, 7) is 5.73. The Labute approximate surface area is 151 Å². The van der Waals surface area contributed by atoms with Crippen LogP contribution in [0.3, 0.4) is 0 Å². The maximum atomic E-state index is 3.61. The van der Waals surface area contributed by atoms with E-state index >= 15 is 0 Å². The van der Waals surface area contributed by atoms with Crippen molar-refractivity contribution >= 4 is 24.2 Å². The van der Waals surface area contributed by atoms with E-state index in [0.717, 1.165) is 19.0 Å². The molecule has 1 saturated heterocycles. The van der Waals surface area contributed by atoms with Crippen LogP contribution in [0.5, 0.6) is 0 Å². The lowest BCUT2D eigenvalue weighted by Crippen LogP contribution is -2.40. The molecule has 0 saturated carbocycles. The molecule has 128 valence electrons. The lowest BCUT2D eigenvalue weighted by Gasteiger charge is -2.34. The lowest BCUT2D eigenvalue weighted by atomic mass is 9.85. The fourth-order valence-electron chi connectivity index (χ4n) is 4.66. The Morgan fingerprint density at radius 1 is 1.30 bits per heavy atom. The normalized spacial score (nSPS) is 29.2. The zero-order valence-electron chi connectivity index (χ0n) is 14.1. The summed E-state index contributed by atoms with van der Waals surface area (Å²) >= 11 is 2.03. The smallest absolute Gasteiger partial charge is 0.0537 e. The summed E-state index contributed by atoms with van der Waals surface area (Å²) in [7, 11) is 0. The van der Waals surface area contributed by atoms with Crippen LogP contribution in [0, 0.1) is 5.92 Å². The van der Waals surface area contributed by atoms with Crippen LogP contribution in [0.25, 0.3) is 0 Å². The molecule has 3 aliphatic heterocycles. The summed E-state index contributed by atoms with van der Waals surface area (Å²) in [6.07, 6.45) is 11.9. The molecular formula is C19H29ClN2S. The van der Waals surface area contributed by atoms with E-state index in [9.17, 15) is 0 Å². The standard InChI is InChI=1S/C19H28N2S.ClH/c1-2-3-4-6-14-7-8-15-16-13-20-10-9-17(16)21-11-5-12-22-19(14)18(15)21;/h5,12,14,17,20H,2-4,6-11,13H2,1H3;1H. The van der Waals surface area contributed by atoms with Crippen molar-refractivity contribution in [3.05, 3.63) is 33.2 Å². The van der Waals surface area contributed by atoms with Crippen LogP contribution >= 0.6 is 24.2 Å². The third-order valence-electron chi connectivity index (χ3n) is 5.75. The number of nitrogens with zero attached hydrogens (tertiary/aromatic N) is 1. The van der Waals surface area contributed by atoms with Gasteiger partial charge in [0.25, 0.3) is 0 Å². The first-order valence-corrected chi connectivity index (χ1v) is 10.0. The van der Waals surface area contributed by atoms with Gasteiger partial charge in [-0.05, 0) is 54.7 Å². The second-order valence-electron chi connectivity index (χ2n) is 7.07. The Hall–Kier alpha value is -0.380. The highest BCUT2D eigenvalue weighted by molar-refractivity contribution is 8.05. The van der Waals surface area contributed by atoms with E-state index < -0.39 is 0 Å². The predicted octanol–water partition coefficient (Wildman–Crippen LogP) is 4.84. The van der Waals surface area contributed by atoms with Crippen LogP contribution in [-0.4, -0.2) is 30.6 Å². The molecule has 0 radical (unpaired) electrons. The second kappa shape index (κ2) is 7.67. The van der Waals surface area contributed by atoms with E-state index in [4.69, 9.17) is 0 Å². The Kier molecular flexibility index (Phi) is 5.82. The number of piperidine rings is 1. The molecule has 2 nitrogen and oxygen atoms in total. The molecule has 0 amide bonds. The molecule has 0 spiro atoms. The van der Waals surface area contributed by atoms with Crippen LogP contribution < -0.4 is 5.32 Å². The van der Waals surface area contributed by atoms with Gasteiger partial charge in [0, 0.05) is 18.0 Å². The highest BCUT2D eigenvalue weighted by Crippen LogP contribution is 2.51. The van der Waals surface area contributed by atoms with Gasteiger partial charge in [-0.2, -0.15) is 0 Å². The second-order valence-corrected chi connectivity index (χ2v) is 8.02. The van der Waals surface area contributed by atoms with Gasteiger partial charge in [0.05, 0.1) is 11.7 Å². The number of allylic oxidation sites excluding steroid dienone is 2. The van der Waals surface area contributed by atoms with Gasteiger partial charge in [0.1, 0.15) is 0 Å². The minimum atomic E-state index is 0. The van der Waals surface area contributed by atoms with E-state index in [1.807, 2.05) is 11.8 Å². The van der Waals surface area contributed by atoms with Crippen LogP contribution in [0.2, 0.25) is 0 Å². The van der Waals surface area contributed by atoms with Crippen molar-refractivity contribution in [2.75, 3.05) is 19.6 Å². The summed E-state index contributed by atoms with van der Waals surface area (Å²) in [5.41, 5.74) is 5.10. The Morgan fingerprint density at radius 2 is 2.22 bits per heavy atom. The van der Waals surface area contributed by atoms with Crippen molar-refractivity contribution in [1.29, 1.82) is 0 Å². The molecule has 0 aromatic rings. The molecule has 2 atom stereocenters. The molecule has 3 heterocycles. The molecule has 23 heavy (non-hydrogen) atoms. The number of unbranched alkanes of at least 4 members (excludes halogenated alkanes) is 2. The number of hydrogen-bond acceptors (Lipinski definition) is 3. The maximum absolute atomic E-state index is 3.61. The van der Waals surface area contributed by atoms with E-state index in [2.05, 4.69) is 28.6 Å². The lowest BCUT2D eigenvalue weighted by molar-refractivity contribution is 0.296. The quantitative estimate of drug-likeness (QED) is 0.728. The molecule has 1 fully saturated rings. The van der Waals surface area contributed by atoms with E-state index in [1.165, 1.54) is 51.5 Å². The summed E-state index contributed by atoms with van der Waals surface area (Å²) in [4.78, 5) is 4.44. The summed E-state index contributed by atoms with van der Waals surface area (Å²) < 4.78 is 0. The highest BCUT2D eigenvalue weighted by Gasteiger charge is 2.41. The van der Waals surface area contributed by atoms with Gasteiger partial charge in [-0.15, -0.1) is 24.2 Å². The Morgan fingerprint density at radius 3 is 3.09 bits per heavy atom.